The smallest absolute Gasteiger partial charge is 0.328 e. The Kier molecular flexibility index (Phi) is 13.0. The standard InChI is InChI=1S/C16H19ClN2.C4H4O4.Zn/c1-19(2)12-10-15(16-5-3-4-11-18-16)13-6-8-14(17)9-7-13;5-3(6)1-2-4(7)8;/h3-9,11,15H,10,12H2,1-2H3;1-2H,(H,5,6)(H,7,8);/b;2-1-;. The molecule has 0 spiro atoms. The minimum Gasteiger partial charge on any atom is -0.478 e. The zero-order valence-corrected chi connectivity index (χ0v) is 19.7. The third-order valence-electron chi connectivity index (χ3n) is 3.55. The molecule has 0 radical (unpaired) electrons. The fraction of sp³-hybridized carbons (Fsp3) is 0.250. The van der Waals surface area contributed by atoms with Crippen molar-refractivity contribution in [2.45, 2.75) is 12.3 Å². The van der Waals surface area contributed by atoms with E-state index in [0.717, 1.165) is 23.7 Å². The van der Waals surface area contributed by atoms with E-state index in [2.05, 4.69) is 42.2 Å². The van der Waals surface area contributed by atoms with Gasteiger partial charge in [0.2, 0.25) is 0 Å². The Morgan fingerprint density at radius 2 is 1.64 bits per heavy atom. The SMILES string of the molecule is CN(C)CCC(c1ccc(Cl)cc1)c1ccccn1.O=C(O)/C=C\C(=O)O.[Zn]. The molecule has 8 heteroatoms. The molecule has 1 unspecified atom stereocenters. The first kappa shape index (κ1) is 25.9. The van der Waals surface area contributed by atoms with Crippen LogP contribution in [-0.2, 0) is 29.1 Å². The summed E-state index contributed by atoms with van der Waals surface area (Å²) in [6.45, 7) is 1.03. The molecule has 2 aromatic rings. The topological polar surface area (TPSA) is 90.7 Å². The number of rotatable bonds is 7. The number of hydrogen-bond donors (Lipinski definition) is 2. The van der Waals surface area contributed by atoms with Gasteiger partial charge in [0, 0.05) is 54.5 Å². The van der Waals surface area contributed by atoms with Crippen LogP contribution in [0.25, 0.3) is 0 Å². The van der Waals surface area contributed by atoms with Crippen LogP contribution in [0.2, 0.25) is 5.02 Å². The summed E-state index contributed by atoms with van der Waals surface area (Å²) in [5.41, 5.74) is 2.39. The molecule has 0 bridgehead atoms. The number of aromatic nitrogens is 1. The Hall–Kier alpha value is -2.08. The fourth-order valence-corrected chi connectivity index (χ4v) is 2.42. The van der Waals surface area contributed by atoms with Crippen molar-refractivity contribution in [2.24, 2.45) is 0 Å². The van der Waals surface area contributed by atoms with Crippen LogP contribution in [0.1, 0.15) is 23.6 Å². The van der Waals surface area contributed by atoms with E-state index in [1.807, 2.05) is 30.5 Å². The minimum atomic E-state index is -1.26. The molecule has 0 saturated heterocycles. The molecule has 1 heterocycles. The van der Waals surface area contributed by atoms with Gasteiger partial charge in [-0.15, -0.1) is 0 Å². The number of benzene rings is 1. The third-order valence-corrected chi connectivity index (χ3v) is 3.80. The maximum absolute atomic E-state index is 9.55. The Morgan fingerprint density at radius 3 is 2.07 bits per heavy atom. The number of aliphatic carboxylic acids is 2. The Bertz CT molecular complexity index is 737. The van der Waals surface area contributed by atoms with Gasteiger partial charge in [0.25, 0.3) is 0 Å². The zero-order chi connectivity index (χ0) is 20.2. The van der Waals surface area contributed by atoms with Gasteiger partial charge in [-0.2, -0.15) is 0 Å². The number of nitrogens with zero attached hydrogens (tertiary/aromatic N) is 2. The van der Waals surface area contributed by atoms with E-state index in [9.17, 15) is 9.59 Å². The number of carboxylic acid groups (broad SMARTS) is 2. The number of hydrogen-bond acceptors (Lipinski definition) is 4. The monoisotopic (exact) mass is 454 g/mol. The third kappa shape index (κ3) is 10.9. The van der Waals surface area contributed by atoms with Crippen molar-refractivity contribution >= 4 is 23.5 Å². The molecule has 0 aliphatic carbocycles. The summed E-state index contributed by atoms with van der Waals surface area (Å²) in [5.74, 6) is -2.19. The van der Waals surface area contributed by atoms with E-state index in [-0.39, 0.29) is 19.5 Å². The van der Waals surface area contributed by atoms with Gasteiger partial charge in [0.05, 0.1) is 0 Å². The van der Waals surface area contributed by atoms with Crippen molar-refractivity contribution in [3.05, 3.63) is 77.1 Å². The second kappa shape index (κ2) is 14.0. The molecule has 0 saturated carbocycles. The van der Waals surface area contributed by atoms with Crippen LogP contribution in [0.3, 0.4) is 0 Å². The van der Waals surface area contributed by atoms with E-state index < -0.39 is 11.9 Å². The van der Waals surface area contributed by atoms with Gasteiger partial charge in [-0.25, -0.2) is 9.59 Å². The van der Waals surface area contributed by atoms with Crippen LogP contribution in [0.4, 0.5) is 0 Å². The first-order valence-electron chi connectivity index (χ1n) is 8.24. The average molecular weight is 456 g/mol. The summed E-state index contributed by atoms with van der Waals surface area (Å²) in [7, 11) is 4.19. The first-order chi connectivity index (χ1) is 12.8. The van der Waals surface area contributed by atoms with Gasteiger partial charge < -0.3 is 15.1 Å². The van der Waals surface area contributed by atoms with Crippen molar-refractivity contribution in [2.75, 3.05) is 20.6 Å². The van der Waals surface area contributed by atoms with Crippen LogP contribution in [0.5, 0.6) is 0 Å². The van der Waals surface area contributed by atoms with Crippen molar-refractivity contribution in [3.8, 4) is 0 Å². The van der Waals surface area contributed by atoms with Crippen LogP contribution in [-0.4, -0.2) is 52.7 Å². The van der Waals surface area contributed by atoms with Crippen LogP contribution < -0.4 is 0 Å². The molecule has 6 nitrogen and oxygen atoms in total. The first-order valence-corrected chi connectivity index (χ1v) is 8.62. The normalized spacial score (nSPS) is 11.3. The van der Waals surface area contributed by atoms with Crippen molar-refractivity contribution < 1.29 is 39.3 Å². The molecule has 0 fully saturated rings. The van der Waals surface area contributed by atoms with Gasteiger partial charge in [0.15, 0.2) is 0 Å². The maximum atomic E-state index is 9.55. The van der Waals surface area contributed by atoms with Gasteiger partial charge in [-0.1, -0.05) is 29.8 Å². The zero-order valence-electron chi connectivity index (χ0n) is 16.0. The Labute approximate surface area is 182 Å². The predicted molar refractivity (Wildman–Crippen MR) is 105 cm³/mol. The molecular weight excluding hydrogens is 433 g/mol. The molecule has 0 aliphatic rings. The Balaban J connectivity index is 0.000000694. The van der Waals surface area contributed by atoms with Gasteiger partial charge in [-0.05, 0) is 56.9 Å². The van der Waals surface area contributed by atoms with Gasteiger partial charge >= 0.3 is 11.9 Å². The second-order valence-corrected chi connectivity index (χ2v) is 6.40. The molecule has 0 aliphatic heterocycles. The summed E-state index contributed by atoms with van der Waals surface area (Å²) in [5, 5.41) is 16.4. The van der Waals surface area contributed by atoms with Crippen molar-refractivity contribution in [1.29, 1.82) is 0 Å². The number of pyridine rings is 1. The van der Waals surface area contributed by atoms with E-state index in [4.69, 9.17) is 21.8 Å². The molecule has 1 atom stereocenters. The molecule has 2 N–H and O–H groups in total. The maximum Gasteiger partial charge on any atom is 0.328 e. The fourth-order valence-electron chi connectivity index (χ4n) is 2.29. The van der Waals surface area contributed by atoms with Crippen LogP contribution in [0, 0.1) is 0 Å². The predicted octanol–water partition coefficient (Wildman–Crippen LogP) is 3.53. The summed E-state index contributed by atoms with van der Waals surface area (Å²) in [6, 6.07) is 14.2. The van der Waals surface area contributed by atoms with Gasteiger partial charge in [-0.3, -0.25) is 4.98 Å². The molecule has 146 valence electrons. The summed E-state index contributed by atoms with van der Waals surface area (Å²) in [4.78, 5) is 25.8. The van der Waals surface area contributed by atoms with E-state index in [1.165, 1.54) is 5.56 Å². The van der Waals surface area contributed by atoms with E-state index in [1.54, 1.807) is 0 Å². The molecule has 28 heavy (non-hydrogen) atoms. The molecule has 0 amide bonds. The second-order valence-electron chi connectivity index (χ2n) is 5.96. The quantitative estimate of drug-likeness (QED) is 0.490. The largest absolute Gasteiger partial charge is 0.478 e. The van der Waals surface area contributed by atoms with E-state index >= 15 is 0 Å². The molecular formula is C20H23ClN2O4Zn. The summed E-state index contributed by atoms with van der Waals surface area (Å²) >= 11 is 5.97. The van der Waals surface area contributed by atoms with Crippen molar-refractivity contribution in [1.82, 2.24) is 9.88 Å². The number of carbonyl (C=O) groups is 2. The van der Waals surface area contributed by atoms with Crippen molar-refractivity contribution in [3.63, 3.8) is 0 Å². The minimum absolute atomic E-state index is 0. The molecule has 2 rings (SSSR count). The van der Waals surface area contributed by atoms with Crippen LogP contribution >= 0.6 is 11.6 Å². The summed E-state index contributed by atoms with van der Waals surface area (Å²) < 4.78 is 0. The Morgan fingerprint density at radius 1 is 1.07 bits per heavy atom. The average Bonchev–Trinajstić information content (AvgIpc) is 2.63. The summed E-state index contributed by atoms with van der Waals surface area (Å²) in [6.07, 6.45) is 4.02. The number of carboxylic acids is 2. The number of halogens is 1. The molecule has 1 aromatic carbocycles. The van der Waals surface area contributed by atoms with Crippen LogP contribution in [0.15, 0.2) is 60.8 Å². The molecule has 1 aromatic heterocycles. The van der Waals surface area contributed by atoms with Gasteiger partial charge in [0.1, 0.15) is 0 Å². The van der Waals surface area contributed by atoms with E-state index in [0.29, 0.717) is 18.1 Å².